The second-order valence-electron chi connectivity index (χ2n) is 4.37. The standard InChI is InChI=1S/C14H16O3/c1-8(2)12-6-10-5-11(9(3)15)14(16-4)7-13(10)17-12/h5,7,12H,1,6H2,2-4H3/t12-/m1/s1. The van der Waals surface area contributed by atoms with Crippen LogP contribution in [0.15, 0.2) is 24.3 Å². The van der Waals surface area contributed by atoms with Gasteiger partial charge in [0.1, 0.15) is 17.6 Å². The molecule has 90 valence electrons. The van der Waals surface area contributed by atoms with Gasteiger partial charge in [0.15, 0.2) is 5.78 Å². The highest BCUT2D eigenvalue weighted by Crippen LogP contribution is 2.36. The Labute approximate surface area is 101 Å². The van der Waals surface area contributed by atoms with Crippen LogP contribution in [0, 0.1) is 0 Å². The van der Waals surface area contributed by atoms with E-state index in [0.717, 1.165) is 23.3 Å². The second kappa shape index (κ2) is 4.24. The molecule has 2 rings (SSSR count). The van der Waals surface area contributed by atoms with Gasteiger partial charge in [-0.15, -0.1) is 0 Å². The Morgan fingerprint density at radius 2 is 2.18 bits per heavy atom. The summed E-state index contributed by atoms with van der Waals surface area (Å²) in [6.45, 7) is 7.38. The molecule has 0 unspecified atom stereocenters. The molecule has 0 aromatic heterocycles. The lowest BCUT2D eigenvalue weighted by molar-refractivity contribution is 0.101. The maximum Gasteiger partial charge on any atom is 0.163 e. The molecule has 0 aliphatic carbocycles. The molecular weight excluding hydrogens is 216 g/mol. The number of hydrogen-bond donors (Lipinski definition) is 0. The van der Waals surface area contributed by atoms with E-state index in [9.17, 15) is 4.79 Å². The van der Waals surface area contributed by atoms with Crippen molar-refractivity contribution in [1.29, 1.82) is 0 Å². The van der Waals surface area contributed by atoms with E-state index in [4.69, 9.17) is 9.47 Å². The van der Waals surface area contributed by atoms with Crippen LogP contribution in [-0.2, 0) is 6.42 Å². The minimum Gasteiger partial charge on any atom is -0.496 e. The lowest BCUT2D eigenvalue weighted by Gasteiger charge is -2.10. The molecule has 1 aliphatic rings. The second-order valence-corrected chi connectivity index (χ2v) is 4.37. The van der Waals surface area contributed by atoms with Crippen LogP contribution in [0.4, 0.5) is 0 Å². The first-order valence-electron chi connectivity index (χ1n) is 5.57. The highest BCUT2D eigenvalue weighted by atomic mass is 16.5. The van der Waals surface area contributed by atoms with Gasteiger partial charge in [-0.1, -0.05) is 6.58 Å². The van der Waals surface area contributed by atoms with E-state index in [1.54, 1.807) is 13.2 Å². The van der Waals surface area contributed by atoms with Crippen molar-refractivity contribution in [3.63, 3.8) is 0 Å². The van der Waals surface area contributed by atoms with Crippen molar-refractivity contribution in [1.82, 2.24) is 0 Å². The first kappa shape index (κ1) is 11.7. The molecule has 1 aromatic rings. The normalized spacial score (nSPS) is 17.2. The smallest absolute Gasteiger partial charge is 0.163 e. The molecule has 1 aromatic carbocycles. The van der Waals surface area contributed by atoms with Crippen LogP contribution in [0.3, 0.4) is 0 Å². The van der Waals surface area contributed by atoms with E-state index >= 15 is 0 Å². The topological polar surface area (TPSA) is 35.5 Å². The Kier molecular flexibility index (Phi) is 2.92. The summed E-state index contributed by atoms with van der Waals surface area (Å²) in [7, 11) is 1.55. The number of ketones is 1. The van der Waals surface area contributed by atoms with Gasteiger partial charge in [-0.2, -0.15) is 0 Å². The Morgan fingerprint density at radius 1 is 1.47 bits per heavy atom. The lowest BCUT2D eigenvalue weighted by Crippen LogP contribution is -2.13. The van der Waals surface area contributed by atoms with Gasteiger partial charge < -0.3 is 9.47 Å². The number of carbonyl (C=O) groups is 1. The van der Waals surface area contributed by atoms with Crippen LogP contribution in [-0.4, -0.2) is 19.0 Å². The zero-order valence-electron chi connectivity index (χ0n) is 10.4. The molecule has 17 heavy (non-hydrogen) atoms. The molecule has 0 bridgehead atoms. The summed E-state index contributed by atoms with van der Waals surface area (Å²) in [5.74, 6) is 1.36. The van der Waals surface area contributed by atoms with Gasteiger partial charge in [-0.3, -0.25) is 4.79 Å². The number of fused-ring (bicyclic) bond motifs is 1. The molecule has 1 aliphatic heterocycles. The summed E-state index contributed by atoms with van der Waals surface area (Å²) in [6.07, 6.45) is 0.784. The molecule has 0 amide bonds. The Morgan fingerprint density at radius 3 is 2.71 bits per heavy atom. The van der Waals surface area contributed by atoms with Crippen molar-refractivity contribution in [2.45, 2.75) is 26.4 Å². The molecule has 3 nitrogen and oxygen atoms in total. The number of Topliss-reactive ketones (excluding diaryl/α,β-unsaturated/α-hetero) is 1. The molecule has 0 saturated heterocycles. The summed E-state index contributed by atoms with van der Waals surface area (Å²) in [6, 6.07) is 3.65. The zero-order valence-corrected chi connectivity index (χ0v) is 10.4. The summed E-state index contributed by atoms with van der Waals surface area (Å²) in [5, 5.41) is 0. The number of methoxy groups -OCH3 is 1. The number of hydrogen-bond acceptors (Lipinski definition) is 3. The largest absolute Gasteiger partial charge is 0.496 e. The van der Waals surface area contributed by atoms with Crippen LogP contribution in [0.2, 0.25) is 0 Å². The van der Waals surface area contributed by atoms with Gasteiger partial charge in [-0.25, -0.2) is 0 Å². The van der Waals surface area contributed by atoms with Crippen LogP contribution in [0.25, 0.3) is 0 Å². The molecule has 0 fully saturated rings. The molecule has 0 spiro atoms. The van der Waals surface area contributed by atoms with Crippen molar-refractivity contribution in [2.24, 2.45) is 0 Å². The van der Waals surface area contributed by atoms with Gasteiger partial charge in [0, 0.05) is 12.5 Å². The van der Waals surface area contributed by atoms with E-state index in [0.29, 0.717) is 11.3 Å². The summed E-state index contributed by atoms with van der Waals surface area (Å²) in [4.78, 5) is 11.5. The van der Waals surface area contributed by atoms with E-state index < -0.39 is 0 Å². The van der Waals surface area contributed by atoms with Crippen LogP contribution in [0.5, 0.6) is 11.5 Å². The Balaban J connectivity index is 2.43. The SMILES string of the molecule is C=C(C)[C@H]1Cc2cc(C(C)=O)c(OC)cc2O1. The fourth-order valence-electron chi connectivity index (χ4n) is 1.99. The van der Waals surface area contributed by atoms with E-state index in [1.807, 2.05) is 13.0 Å². The van der Waals surface area contributed by atoms with Crippen LogP contribution in [0.1, 0.15) is 29.8 Å². The van der Waals surface area contributed by atoms with E-state index in [1.165, 1.54) is 6.92 Å². The van der Waals surface area contributed by atoms with Gasteiger partial charge in [0.05, 0.1) is 12.7 Å². The van der Waals surface area contributed by atoms with Crippen molar-refractivity contribution in [3.05, 3.63) is 35.4 Å². The van der Waals surface area contributed by atoms with Gasteiger partial charge in [0.25, 0.3) is 0 Å². The summed E-state index contributed by atoms with van der Waals surface area (Å²) >= 11 is 0. The molecule has 0 saturated carbocycles. The van der Waals surface area contributed by atoms with Gasteiger partial charge >= 0.3 is 0 Å². The highest BCUT2D eigenvalue weighted by Gasteiger charge is 2.26. The number of benzene rings is 1. The van der Waals surface area contributed by atoms with Crippen molar-refractivity contribution in [3.8, 4) is 11.5 Å². The predicted molar refractivity (Wildman–Crippen MR) is 65.9 cm³/mol. The number of ether oxygens (including phenoxy) is 2. The van der Waals surface area contributed by atoms with Crippen molar-refractivity contribution < 1.29 is 14.3 Å². The third-order valence-electron chi connectivity index (χ3n) is 2.99. The molecule has 3 heteroatoms. The van der Waals surface area contributed by atoms with Crippen LogP contribution >= 0.6 is 0 Å². The lowest BCUT2D eigenvalue weighted by atomic mass is 10.0. The number of carbonyl (C=O) groups excluding carboxylic acids is 1. The van der Waals surface area contributed by atoms with E-state index in [-0.39, 0.29) is 11.9 Å². The first-order valence-corrected chi connectivity index (χ1v) is 5.57. The molecule has 0 N–H and O–H groups in total. The third kappa shape index (κ3) is 2.05. The van der Waals surface area contributed by atoms with Gasteiger partial charge in [-0.05, 0) is 31.1 Å². The summed E-state index contributed by atoms with van der Waals surface area (Å²) in [5.41, 5.74) is 2.64. The predicted octanol–water partition coefficient (Wildman–Crippen LogP) is 2.78. The Bertz CT molecular complexity index is 488. The first-order chi connectivity index (χ1) is 8.02. The maximum absolute atomic E-state index is 11.5. The van der Waals surface area contributed by atoms with Crippen molar-refractivity contribution in [2.75, 3.05) is 7.11 Å². The summed E-state index contributed by atoms with van der Waals surface area (Å²) < 4.78 is 11.0. The third-order valence-corrected chi connectivity index (χ3v) is 2.99. The minimum absolute atomic E-state index is 0.00317. The maximum atomic E-state index is 11.5. The molecule has 0 radical (unpaired) electrons. The number of rotatable bonds is 3. The quantitative estimate of drug-likeness (QED) is 0.593. The molecule has 1 heterocycles. The Hall–Kier alpha value is -1.77. The van der Waals surface area contributed by atoms with Crippen molar-refractivity contribution >= 4 is 5.78 Å². The van der Waals surface area contributed by atoms with E-state index in [2.05, 4.69) is 6.58 Å². The minimum atomic E-state index is 0.00317. The van der Waals surface area contributed by atoms with Crippen LogP contribution < -0.4 is 9.47 Å². The fraction of sp³-hybridized carbons (Fsp3) is 0.357. The molecular formula is C14H16O3. The zero-order chi connectivity index (χ0) is 12.6. The average molecular weight is 232 g/mol. The average Bonchev–Trinajstić information content (AvgIpc) is 2.69. The molecule has 1 atom stereocenters. The van der Waals surface area contributed by atoms with Gasteiger partial charge in [0.2, 0.25) is 0 Å². The monoisotopic (exact) mass is 232 g/mol. The fourth-order valence-corrected chi connectivity index (χ4v) is 1.99. The highest BCUT2D eigenvalue weighted by molar-refractivity contribution is 5.97.